The molecule has 0 bridgehead atoms. The maximum absolute atomic E-state index is 13.1. The number of anilines is 1. The average molecular weight is 429 g/mol. The van der Waals surface area contributed by atoms with Crippen LogP contribution in [-0.4, -0.2) is 44.4 Å². The van der Waals surface area contributed by atoms with Crippen molar-refractivity contribution in [2.45, 2.75) is 50.5 Å². The lowest BCUT2D eigenvalue weighted by Crippen LogP contribution is -2.43. The molecule has 0 N–H and O–H groups in total. The zero-order valence-corrected chi connectivity index (χ0v) is 18.3. The van der Waals surface area contributed by atoms with Gasteiger partial charge in [0.25, 0.3) is 5.91 Å². The predicted molar refractivity (Wildman–Crippen MR) is 116 cm³/mol. The normalized spacial score (nSPS) is 18.1. The molecule has 2 aromatic carbocycles. The molecule has 2 aromatic rings. The third-order valence-corrected chi connectivity index (χ3v) is 7.71. The fourth-order valence-electron chi connectivity index (χ4n) is 4.13. The smallest absolute Gasteiger partial charge is 0.267 e. The maximum atomic E-state index is 13.1. The lowest BCUT2D eigenvalue weighted by Gasteiger charge is -2.32. The zero-order chi connectivity index (χ0) is 21.3. The number of amides is 1. The summed E-state index contributed by atoms with van der Waals surface area (Å²) in [6, 6.07) is 12.8. The molecule has 4 rings (SSSR count). The molecular formula is C23H28N2O4S. The third-order valence-electron chi connectivity index (χ3n) is 5.82. The number of hydrogen-bond donors (Lipinski definition) is 0. The summed E-state index contributed by atoms with van der Waals surface area (Å²) in [6.07, 6.45) is 2.74. The van der Waals surface area contributed by atoms with E-state index in [0.717, 1.165) is 42.5 Å². The Kier molecular flexibility index (Phi) is 5.84. The Hall–Kier alpha value is -2.38. The lowest BCUT2D eigenvalue weighted by molar-refractivity contribution is -0.124. The molecule has 2 heterocycles. The van der Waals surface area contributed by atoms with Crippen LogP contribution in [0.1, 0.15) is 37.3 Å². The topological polar surface area (TPSA) is 66.9 Å². The molecule has 0 aliphatic carbocycles. The van der Waals surface area contributed by atoms with E-state index in [1.165, 1.54) is 0 Å². The molecule has 2 aliphatic heterocycles. The summed E-state index contributed by atoms with van der Waals surface area (Å²) in [5, 5.41) is 0. The lowest BCUT2D eigenvalue weighted by atomic mass is 10.0. The molecule has 0 aromatic heterocycles. The highest BCUT2D eigenvalue weighted by atomic mass is 32.2. The molecule has 1 atom stereocenters. The van der Waals surface area contributed by atoms with Gasteiger partial charge >= 0.3 is 0 Å². The number of carbonyl (C=O) groups excluding carboxylic acids is 1. The van der Waals surface area contributed by atoms with Crippen LogP contribution >= 0.6 is 0 Å². The van der Waals surface area contributed by atoms with Gasteiger partial charge in [0.05, 0.1) is 4.90 Å². The van der Waals surface area contributed by atoms with Crippen LogP contribution in [0.3, 0.4) is 0 Å². The molecule has 1 amide bonds. The molecule has 30 heavy (non-hydrogen) atoms. The first-order chi connectivity index (χ1) is 14.4. The minimum atomic E-state index is -3.47. The van der Waals surface area contributed by atoms with Crippen LogP contribution in [0, 0.1) is 6.92 Å². The van der Waals surface area contributed by atoms with Gasteiger partial charge in [-0.2, -0.15) is 4.31 Å². The predicted octanol–water partition coefficient (Wildman–Crippen LogP) is 3.53. The summed E-state index contributed by atoms with van der Waals surface area (Å²) < 4.78 is 33.2. The number of nitrogens with zero attached hydrogens (tertiary/aromatic N) is 2. The van der Waals surface area contributed by atoms with E-state index in [9.17, 15) is 13.2 Å². The van der Waals surface area contributed by atoms with Crippen molar-refractivity contribution in [2.75, 3.05) is 24.5 Å². The van der Waals surface area contributed by atoms with Crippen LogP contribution in [0.5, 0.6) is 5.75 Å². The summed E-state index contributed by atoms with van der Waals surface area (Å²) in [7, 11) is -3.47. The molecule has 0 unspecified atom stereocenters. The Morgan fingerprint density at radius 2 is 1.70 bits per heavy atom. The van der Waals surface area contributed by atoms with Crippen LogP contribution in [0.2, 0.25) is 0 Å². The van der Waals surface area contributed by atoms with E-state index >= 15 is 0 Å². The monoisotopic (exact) mass is 428 g/mol. The first-order valence-corrected chi connectivity index (χ1v) is 12.0. The summed E-state index contributed by atoms with van der Waals surface area (Å²) in [5.74, 6) is 0.539. The van der Waals surface area contributed by atoms with Crippen molar-refractivity contribution < 1.29 is 17.9 Å². The molecular weight excluding hydrogens is 400 g/mol. The highest BCUT2D eigenvalue weighted by Gasteiger charge is 2.31. The SMILES string of the molecule is Cc1ccc(O[C@@H](C)C(=O)N2CCCc3cc(S(=O)(=O)N4CCCC4)ccc32)cc1. The zero-order valence-electron chi connectivity index (χ0n) is 17.5. The van der Waals surface area contributed by atoms with Crippen LogP contribution in [0.25, 0.3) is 0 Å². The van der Waals surface area contributed by atoms with E-state index in [4.69, 9.17) is 4.74 Å². The van der Waals surface area contributed by atoms with Crippen molar-refractivity contribution in [3.8, 4) is 5.75 Å². The Morgan fingerprint density at radius 1 is 1.00 bits per heavy atom. The molecule has 0 spiro atoms. The fraction of sp³-hybridized carbons (Fsp3) is 0.435. The Bertz CT molecular complexity index is 1030. The van der Waals surface area contributed by atoms with E-state index in [1.54, 1.807) is 34.3 Å². The molecule has 0 radical (unpaired) electrons. The number of ether oxygens (including phenoxy) is 1. The number of aryl methyl sites for hydroxylation is 2. The third kappa shape index (κ3) is 4.09. The van der Waals surface area contributed by atoms with E-state index in [2.05, 4.69) is 0 Å². The van der Waals surface area contributed by atoms with Crippen molar-refractivity contribution in [1.82, 2.24) is 4.31 Å². The number of fused-ring (bicyclic) bond motifs is 1. The van der Waals surface area contributed by atoms with Gasteiger partial charge in [-0.3, -0.25) is 4.79 Å². The summed E-state index contributed by atoms with van der Waals surface area (Å²) in [5.41, 5.74) is 2.81. The van der Waals surface area contributed by atoms with Gasteiger partial charge in [-0.05, 0) is 75.4 Å². The molecule has 1 fully saturated rings. The molecule has 0 saturated carbocycles. The van der Waals surface area contributed by atoms with E-state index in [-0.39, 0.29) is 5.91 Å². The van der Waals surface area contributed by atoms with Gasteiger partial charge in [-0.15, -0.1) is 0 Å². The Morgan fingerprint density at radius 3 is 2.40 bits per heavy atom. The number of hydrogen-bond acceptors (Lipinski definition) is 4. The van der Waals surface area contributed by atoms with Gasteiger partial charge in [0.1, 0.15) is 5.75 Å². The van der Waals surface area contributed by atoms with Crippen molar-refractivity contribution >= 4 is 21.6 Å². The van der Waals surface area contributed by atoms with Gasteiger partial charge in [0.2, 0.25) is 10.0 Å². The van der Waals surface area contributed by atoms with Crippen molar-refractivity contribution in [1.29, 1.82) is 0 Å². The van der Waals surface area contributed by atoms with Crippen molar-refractivity contribution in [2.24, 2.45) is 0 Å². The first kappa shape index (κ1) is 20.9. The average Bonchev–Trinajstić information content (AvgIpc) is 3.30. The maximum Gasteiger partial charge on any atom is 0.267 e. The standard InChI is InChI=1S/C23H28N2O4S/c1-17-7-9-20(10-8-17)29-18(2)23(26)25-15-5-6-19-16-21(11-12-22(19)25)30(27,28)24-13-3-4-14-24/h7-12,16,18H,3-6,13-15H2,1-2H3/t18-/m0/s1. The fourth-order valence-corrected chi connectivity index (χ4v) is 5.70. The van der Waals surface area contributed by atoms with Crippen LogP contribution < -0.4 is 9.64 Å². The van der Waals surface area contributed by atoms with Crippen molar-refractivity contribution in [3.05, 3.63) is 53.6 Å². The van der Waals surface area contributed by atoms with Gasteiger partial charge in [0, 0.05) is 25.3 Å². The first-order valence-electron chi connectivity index (χ1n) is 10.5. The Labute approximate surface area is 178 Å². The van der Waals surface area contributed by atoms with Crippen molar-refractivity contribution in [3.63, 3.8) is 0 Å². The van der Waals surface area contributed by atoms with Gasteiger partial charge in [0.15, 0.2) is 6.10 Å². The van der Waals surface area contributed by atoms with Crippen LogP contribution in [0.4, 0.5) is 5.69 Å². The second kappa shape index (κ2) is 8.40. The highest BCUT2D eigenvalue weighted by molar-refractivity contribution is 7.89. The second-order valence-electron chi connectivity index (χ2n) is 8.07. The summed E-state index contributed by atoms with van der Waals surface area (Å²) in [4.78, 5) is 15.1. The van der Waals surface area contributed by atoms with E-state index in [1.807, 2.05) is 31.2 Å². The molecule has 160 valence electrons. The van der Waals surface area contributed by atoms with Gasteiger partial charge < -0.3 is 9.64 Å². The molecule has 6 nitrogen and oxygen atoms in total. The summed E-state index contributed by atoms with van der Waals surface area (Å²) >= 11 is 0. The minimum Gasteiger partial charge on any atom is -0.481 e. The van der Waals surface area contributed by atoms with E-state index in [0.29, 0.717) is 30.3 Å². The second-order valence-corrected chi connectivity index (χ2v) is 10.0. The quantitative estimate of drug-likeness (QED) is 0.731. The summed E-state index contributed by atoms with van der Waals surface area (Å²) in [6.45, 7) is 5.52. The number of sulfonamides is 1. The van der Waals surface area contributed by atoms with Gasteiger partial charge in [-0.25, -0.2) is 8.42 Å². The number of carbonyl (C=O) groups is 1. The molecule has 7 heteroatoms. The Balaban J connectivity index is 1.54. The van der Waals surface area contributed by atoms with E-state index < -0.39 is 16.1 Å². The van der Waals surface area contributed by atoms with Gasteiger partial charge in [-0.1, -0.05) is 17.7 Å². The number of rotatable bonds is 5. The van der Waals surface area contributed by atoms with Crippen LogP contribution in [0.15, 0.2) is 47.4 Å². The minimum absolute atomic E-state index is 0.119. The molecule has 1 saturated heterocycles. The largest absolute Gasteiger partial charge is 0.481 e. The highest BCUT2D eigenvalue weighted by Crippen LogP contribution is 2.32. The molecule has 2 aliphatic rings. The number of benzene rings is 2. The van der Waals surface area contributed by atoms with Crippen LogP contribution in [-0.2, 0) is 21.2 Å².